The molecule has 2 atom stereocenters. The van der Waals surface area contributed by atoms with E-state index < -0.39 is 11.6 Å². The first kappa shape index (κ1) is 16.5. The number of nitrogens with two attached hydrogens (primary N) is 1. The van der Waals surface area contributed by atoms with E-state index in [0.29, 0.717) is 12.3 Å². The van der Waals surface area contributed by atoms with E-state index in [9.17, 15) is 9.59 Å². The standard InChI is InChI=1S/C10H19N3O2S.ClH/c1-6(2)10(3,5-11)13-8(14)7-4-16-9(15)12-7;/h6-7H,4-5,11H2,1-3H3,(H,12,15)(H,13,14);1H/t7-,10?;/m0./s1. The van der Waals surface area contributed by atoms with Crippen LogP contribution in [0.3, 0.4) is 0 Å². The number of nitrogens with one attached hydrogen (secondary N) is 2. The van der Waals surface area contributed by atoms with Crippen LogP contribution < -0.4 is 16.4 Å². The first-order chi connectivity index (χ1) is 7.39. The van der Waals surface area contributed by atoms with Crippen LogP contribution in [0.1, 0.15) is 20.8 Å². The Kier molecular flexibility index (Phi) is 6.29. The van der Waals surface area contributed by atoms with Crippen LogP contribution >= 0.6 is 24.2 Å². The van der Waals surface area contributed by atoms with Crippen LogP contribution in [0.15, 0.2) is 0 Å². The van der Waals surface area contributed by atoms with Gasteiger partial charge in [-0.05, 0) is 12.8 Å². The summed E-state index contributed by atoms with van der Waals surface area (Å²) < 4.78 is 0. The quantitative estimate of drug-likeness (QED) is 0.709. The molecule has 0 aromatic carbocycles. The van der Waals surface area contributed by atoms with E-state index in [0.717, 1.165) is 11.8 Å². The maximum Gasteiger partial charge on any atom is 0.279 e. The first-order valence-corrected chi connectivity index (χ1v) is 6.33. The minimum Gasteiger partial charge on any atom is -0.348 e. The predicted octanol–water partition coefficient (Wildman–Crippen LogP) is 0.723. The molecule has 2 amide bonds. The van der Waals surface area contributed by atoms with Gasteiger partial charge in [0.1, 0.15) is 6.04 Å². The minimum atomic E-state index is -0.429. The number of thioether (sulfide) groups is 1. The lowest BCUT2D eigenvalue weighted by atomic mass is 9.88. The number of halogens is 1. The van der Waals surface area contributed by atoms with Crippen molar-refractivity contribution in [3.05, 3.63) is 0 Å². The van der Waals surface area contributed by atoms with Gasteiger partial charge in [0, 0.05) is 12.3 Å². The molecular weight excluding hydrogens is 262 g/mol. The van der Waals surface area contributed by atoms with Gasteiger partial charge in [0.05, 0.1) is 5.54 Å². The van der Waals surface area contributed by atoms with Crippen molar-refractivity contribution >= 4 is 35.3 Å². The van der Waals surface area contributed by atoms with E-state index in [2.05, 4.69) is 10.6 Å². The van der Waals surface area contributed by atoms with Crippen LogP contribution in [0.4, 0.5) is 4.79 Å². The molecule has 0 spiro atoms. The van der Waals surface area contributed by atoms with Crippen molar-refractivity contribution in [1.82, 2.24) is 10.6 Å². The number of hydrogen-bond donors (Lipinski definition) is 3. The average Bonchev–Trinajstić information content (AvgIpc) is 2.64. The molecule has 0 bridgehead atoms. The third kappa shape index (κ3) is 4.04. The van der Waals surface area contributed by atoms with E-state index in [1.54, 1.807) is 0 Å². The van der Waals surface area contributed by atoms with Gasteiger partial charge in [0.15, 0.2) is 0 Å². The summed E-state index contributed by atoms with van der Waals surface area (Å²) in [5.41, 5.74) is 5.25. The molecule has 1 unspecified atom stereocenters. The largest absolute Gasteiger partial charge is 0.348 e. The van der Waals surface area contributed by atoms with Gasteiger partial charge >= 0.3 is 0 Å². The Hall–Kier alpha value is -0.460. The Balaban J connectivity index is 0.00000256. The van der Waals surface area contributed by atoms with Gasteiger partial charge in [-0.3, -0.25) is 9.59 Å². The second kappa shape index (κ2) is 6.47. The number of hydrogen-bond acceptors (Lipinski definition) is 4. The molecule has 0 radical (unpaired) electrons. The van der Waals surface area contributed by atoms with Crippen LogP contribution in [-0.4, -0.2) is 35.0 Å². The van der Waals surface area contributed by atoms with Crippen molar-refractivity contribution < 1.29 is 9.59 Å². The highest BCUT2D eigenvalue weighted by molar-refractivity contribution is 8.14. The molecule has 0 saturated carbocycles. The normalized spacial score (nSPS) is 22.6. The maximum absolute atomic E-state index is 11.9. The third-order valence-electron chi connectivity index (χ3n) is 3.10. The monoisotopic (exact) mass is 281 g/mol. The Morgan fingerprint density at radius 1 is 1.71 bits per heavy atom. The van der Waals surface area contributed by atoms with E-state index >= 15 is 0 Å². The summed E-state index contributed by atoms with van der Waals surface area (Å²) in [6.07, 6.45) is 0. The second-order valence-corrected chi connectivity index (χ2v) is 5.55. The highest BCUT2D eigenvalue weighted by Gasteiger charge is 2.34. The smallest absolute Gasteiger partial charge is 0.279 e. The average molecular weight is 282 g/mol. The fourth-order valence-corrected chi connectivity index (χ4v) is 2.10. The SMILES string of the molecule is CC(C)C(C)(CN)NC(=O)[C@@H]1CSC(=O)N1.Cl. The van der Waals surface area contributed by atoms with Crippen molar-refractivity contribution in [2.45, 2.75) is 32.4 Å². The molecular formula is C10H20ClN3O2S. The fraction of sp³-hybridized carbons (Fsp3) is 0.800. The number of carbonyl (C=O) groups excluding carboxylic acids is 2. The lowest BCUT2D eigenvalue weighted by molar-refractivity contribution is -0.124. The summed E-state index contributed by atoms with van der Waals surface area (Å²) in [4.78, 5) is 22.8. The van der Waals surface area contributed by atoms with Gasteiger partial charge in [0.2, 0.25) is 5.91 Å². The first-order valence-electron chi connectivity index (χ1n) is 5.34. The molecule has 1 aliphatic heterocycles. The summed E-state index contributed by atoms with van der Waals surface area (Å²) >= 11 is 1.13. The van der Waals surface area contributed by atoms with Crippen LogP contribution in [0.2, 0.25) is 0 Å². The van der Waals surface area contributed by atoms with E-state index in [4.69, 9.17) is 5.73 Å². The molecule has 5 nitrogen and oxygen atoms in total. The zero-order valence-corrected chi connectivity index (χ0v) is 11.9. The molecule has 0 aromatic heterocycles. The molecule has 1 fully saturated rings. The van der Waals surface area contributed by atoms with Gasteiger partial charge in [-0.1, -0.05) is 25.6 Å². The lowest BCUT2D eigenvalue weighted by Gasteiger charge is -2.34. The van der Waals surface area contributed by atoms with Crippen LogP contribution in [0, 0.1) is 5.92 Å². The Labute approximate surface area is 112 Å². The van der Waals surface area contributed by atoms with Crippen molar-refractivity contribution in [1.29, 1.82) is 0 Å². The summed E-state index contributed by atoms with van der Waals surface area (Å²) in [7, 11) is 0. The zero-order chi connectivity index (χ0) is 12.3. The van der Waals surface area contributed by atoms with Crippen molar-refractivity contribution in [2.75, 3.05) is 12.3 Å². The van der Waals surface area contributed by atoms with Crippen LogP contribution in [0.5, 0.6) is 0 Å². The molecule has 1 heterocycles. The minimum absolute atomic E-state index is 0. The van der Waals surface area contributed by atoms with Crippen molar-refractivity contribution in [3.8, 4) is 0 Å². The van der Waals surface area contributed by atoms with E-state index in [1.165, 1.54) is 0 Å². The fourth-order valence-electron chi connectivity index (χ4n) is 1.33. The molecule has 4 N–H and O–H groups in total. The highest BCUT2D eigenvalue weighted by Crippen LogP contribution is 2.17. The highest BCUT2D eigenvalue weighted by atomic mass is 35.5. The summed E-state index contributed by atoms with van der Waals surface area (Å²) in [6.45, 7) is 6.31. The topological polar surface area (TPSA) is 84.2 Å². The maximum atomic E-state index is 11.9. The second-order valence-electron chi connectivity index (χ2n) is 4.56. The Morgan fingerprint density at radius 3 is 2.65 bits per heavy atom. The molecule has 1 rings (SSSR count). The third-order valence-corrected chi connectivity index (χ3v) is 3.98. The summed E-state index contributed by atoms with van der Waals surface area (Å²) in [5.74, 6) is 0.579. The van der Waals surface area contributed by atoms with Gasteiger partial charge in [-0.2, -0.15) is 0 Å². The number of rotatable bonds is 4. The molecule has 1 aliphatic rings. The molecule has 100 valence electrons. The Morgan fingerprint density at radius 2 is 2.29 bits per heavy atom. The lowest BCUT2D eigenvalue weighted by Crippen LogP contribution is -2.58. The molecule has 7 heteroatoms. The van der Waals surface area contributed by atoms with Gasteiger partial charge in [-0.25, -0.2) is 0 Å². The predicted molar refractivity (Wildman–Crippen MR) is 72.5 cm³/mol. The van der Waals surface area contributed by atoms with Crippen molar-refractivity contribution in [3.63, 3.8) is 0 Å². The summed E-state index contributed by atoms with van der Waals surface area (Å²) in [6, 6.07) is -0.429. The Bertz CT molecular complexity index is 301. The van der Waals surface area contributed by atoms with E-state index in [-0.39, 0.29) is 29.5 Å². The van der Waals surface area contributed by atoms with Crippen LogP contribution in [0.25, 0.3) is 0 Å². The van der Waals surface area contributed by atoms with E-state index in [1.807, 2.05) is 20.8 Å². The zero-order valence-electron chi connectivity index (χ0n) is 10.3. The van der Waals surface area contributed by atoms with Crippen molar-refractivity contribution in [2.24, 2.45) is 11.7 Å². The molecule has 0 aromatic rings. The van der Waals surface area contributed by atoms with Gasteiger partial charge < -0.3 is 16.4 Å². The molecule has 0 aliphatic carbocycles. The number of amides is 2. The number of carbonyl (C=O) groups is 2. The molecule has 1 saturated heterocycles. The van der Waals surface area contributed by atoms with Crippen LogP contribution in [-0.2, 0) is 4.79 Å². The summed E-state index contributed by atoms with van der Waals surface area (Å²) in [5, 5.41) is 5.38. The van der Waals surface area contributed by atoms with Gasteiger partial charge in [0.25, 0.3) is 5.24 Å². The molecule has 17 heavy (non-hydrogen) atoms. The van der Waals surface area contributed by atoms with Gasteiger partial charge in [-0.15, -0.1) is 12.4 Å².